The number of nitrogens with zero attached hydrogens (tertiary/aromatic N) is 4. The molecule has 0 radical (unpaired) electrons. The van der Waals surface area contributed by atoms with Gasteiger partial charge in [-0.15, -0.1) is 5.10 Å². The van der Waals surface area contributed by atoms with Crippen molar-refractivity contribution in [3.63, 3.8) is 0 Å². The van der Waals surface area contributed by atoms with Crippen molar-refractivity contribution in [3.05, 3.63) is 69.6 Å². The number of carbonyl (C=O) groups is 2. The number of aromatic amines is 1. The normalized spacial score (nSPS) is 19.5. The van der Waals surface area contributed by atoms with Gasteiger partial charge in [-0.2, -0.15) is 0 Å². The summed E-state index contributed by atoms with van der Waals surface area (Å²) in [5.41, 5.74) is 2.45. The minimum atomic E-state index is -5.00. The zero-order valence-electron chi connectivity index (χ0n) is 28.4. The van der Waals surface area contributed by atoms with Crippen LogP contribution in [0.15, 0.2) is 47.3 Å². The molecule has 284 valence electrons. The molecule has 2 aromatic carbocycles. The number of likely N-dealkylation sites (tertiary alicyclic amines) is 1. The van der Waals surface area contributed by atoms with E-state index in [-0.39, 0.29) is 55.0 Å². The van der Waals surface area contributed by atoms with Gasteiger partial charge in [0, 0.05) is 5.56 Å². The summed E-state index contributed by atoms with van der Waals surface area (Å²) >= 11 is -0.565. The van der Waals surface area contributed by atoms with E-state index < -0.39 is 52.7 Å². The summed E-state index contributed by atoms with van der Waals surface area (Å²) < 4.78 is 71.4. The van der Waals surface area contributed by atoms with Crippen LogP contribution in [-0.4, -0.2) is 88.4 Å². The second-order valence-corrected chi connectivity index (χ2v) is 21.6. The van der Waals surface area contributed by atoms with Gasteiger partial charge in [0.1, 0.15) is 0 Å². The fourth-order valence-corrected chi connectivity index (χ4v) is 14.9. The van der Waals surface area contributed by atoms with Crippen molar-refractivity contribution < 1.29 is 31.5 Å². The van der Waals surface area contributed by atoms with Crippen molar-refractivity contribution in [2.75, 3.05) is 53.9 Å². The quantitative estimate of drug-likeness (QED) is 0.107. The Kier molecular flexibility index (Phi) is 12.2. The predicted octanol–water partition coefficient (Wildman–Crippen LogP) is 5.84. The molecular weight excluding hydrogens is 915 g/mol. The van der Waals surface area contributed by atoms with Crippen molar-refractivity contribution in [3.8, 4) is 11.4 Å². The molecule has 4 heterocycles. The fraction of sp³-hybridized carbons (Fsp3) is 0.543. The fourth-order valence-electron chi connectivity index (χ4n) is 7.35. The van der Waals surface area contributed by atoms with Crippen LogP contribution in [-0.2, 0) is 26.1 Å². The van der Waals surface area contributed by atoms with Crippen LogP contribution >= 0.6 is 42.4 Å². The Morgan fingerprint density at radius 3 is 2.19 bits per heavy atom. The molecule has 6 rings (SSSR count). The first kappa shape index (κ1) is 38.9. The van der Waals surface area contributed by atoms with Crippen molar-refractivity contribution in [2.24, 2.45) is 5.92 Å². The van der Waals surface area contributed by atoms with E-state index in [1.54, 1.807) is 9.80 Å². The van der Waals surface area contributed by atoms with Crippen LogP contribution in [0.4, 0.5) is 27.6 Å². The zero-order valence-corrected chi connectivity index (χ0v) is 32.7. The average Bonchev–Trinajstić information content (AvgIpc) is 3.53. The molecule has 3 aliphatic heterocycles. The van der Waals surface area contributed by atoms with E-state index in [1.807, 2.05) is 30.3 Å². The van der Waals surface area contributed by atoms with Gasteiger partial charge in [0.2, 0.25) is 0 Å². The van der Waals surface area contributed by atoms with E-state index in [0.29, 0.717) is 35.7 Å². The molecule has 52 heavy (non-hydrogen) atoms. The van der Waals surface area contributed by atoms with E-state index in [1.165, 1.54) is 4.68 Å². The van der Waals surface area contributed by atoms with Gasteiger partial charge in [0.25, 0.3) is 0 Å². The van der Waals surface area contributed by atoms with Crippen LogP contribution in [0.3, 0.4) is 0 Å². The number of piperidine rings is 2. The second kappa shape index (κ2) is 16.3. The number of nitrogens with two attached hydrogens (primary N) is 1. The summed E-state index contributed by atoms with van der Waals surface area (Å²) in [6, 6.07) is 10.6. The van der Waals surface area contributed by atoms with Crippen molar-refractivity contribution in [1.29, 1.82) is 0 Å². The van der Waals surface area contributed by atoms with Crippen LogP contribution in [0.2, 0.25) is 0 Å². The Hall–Kier alpha value is -2.81. The number of hydrogen-bond acceptors (Lipinski definition) is 6. The summed E-state index contributed by atoms with van der Waals surface area (Å²) in [7, 11) is 0. The van der Waals surface area contributed by atoms with Gasteiger partial charge in [0.05, 0.1) is 0 Å². The third-order valence-electron chi connectivity index (χ3n) is 10.2. The van der Waals surface area contributed by atoms with Gasteiger partial charge < -0.3 is 0 Å². The van der Waals surface area contributed by atoms with Crippen LogP contribution in [0.5, 0.6) is 0 Å². The van der Waals surface area contributed by atoms with Crippen LogP contribution < -0.4 is 16.7 Å². The number of hydrogen-bond donors (Lipinski definition) is 3. The number of nitrogen functional groups attached to an aromatic ring is 1. The first-order chi connectivity index (χ1) is 24.7. The first-order valence-corrected chi connectivity index (χ1v) is 22.7. The molecule has 0 saturated carbocycles. The Morgan fingerprint density at radius 2 is 1.58 bits per heavy atom. The Bertz CT molecular complexity index is 1740. The molecule has 3 aliphatic rings. The minimum absolute atomic E-state index is 0.134. The summed E-state index contributed by atoms with van der Waals surface area (Å²) in [4.78, 5) is 46.8. The zero-order chi connectivity index (χ0) is 37.2. The summed E-state index contributed by atoms with van der Waals surface area (Å²) in [6.07, 6.45) is -2.49. The van der Waals surface area contributed by atoms with Gasteiger partial charge in [-0.05, 0) is 0 Å². The van der Waals surface area contributed by atoms with E-state index in [2.05, 4.69) is 15.4 Å². The molecule has 17 heteroatoms. The second-order valence-electron chi connectivity index (χ2n) is 13.5. The van der Waals surface area contributed by atoms with E-state index >= 15 is 0 Å². The number of carbonyl (C=O) groups excluding carboxylic acids is 2. The third kappa shape index (κ3) is 9.10. The van der Waals surface area contributed by atoms with Gasteiger partial charge in [-0.3, -0.25) is 4.98 Å². The molecule has 0 spiro atoms. The van der Waals surface area contributed by atoms with Gasteiger partial charge in [0.15, 0.2) is 5.82 Å². The van der Waals surface area contributed by atoms with Gasteiger partial charge >= 0.3 is 264 Å². The standard InChI is InChI=1S/C35H42F5I2N7O3/c36-34(37,38)27-19-22(20-28(30(27)43)35(39,40)41)18-24(32(51)48-16-10-42(11-17-48)25-6-12-44-13-7-25)21-29(50)47-14-8-26(9-15-47)49-33(52)45-31(46-49)23-4-2-1-3-5-23/h1-5,19-20,24-26,44H,6-18,21,43H2,(H,45,46,52)/t24-/m0/s1. The monoisotopic (exact) mass is 957 g/mol. The van der Waals surface area contributed by atoms with Crippen molar-refractivity contribution >= 4 is 59.9 Å². The summed E-state index contributed by atoms with van der Waals surface area (Å²) in [5, 5.41) is 7.88. The molecule has 0 bridgehead atoms. The molecule has 3 saturated heterocycles. The molecule has 2 amide bonds. The Morgan fingerprint density at radius 1 is 0.942 bits per heavy atom. The number of nitrogens with one attached hydrogen (secondary N) is 2. The molecule has 10 nitrogen and oxygen atoms in total. The molecular formula is C35H42F5I2N7O3. The van der Waals surface area contributed by atoms with Crippen LogP contribution in [0, 0.1) is 5.92 Å². The maximum absolute atomic E-state index is 14.5. The summed E-state index contributed by atoms with van der Waals surface area (Å²) in [6.45, 7) is 3.61. The molecule has 0 unspecified atom stereocenters. The number of amides is 2. The number of benzene rings is 2. The van der Waals surface area contributed by atoms with Crippen LogP contribution in [0.1, 0.15) is 54.8 Å². The molecule has 3 aromatic rings. The number of anilines is 1. The molecule has 3 fully saturated rings. The average molecular weight is 958 g/mol. The Balaban J connectivity index is 1.19. The molecule has 0 aliphatic carbocycles. The third-order valence-corrected chi connectivity index (χ3v) is 18.2. The summed E-state index contributed by atoms with van der Waals surface area (Å²) in [5.74, 6) is -1.34. The number of H-pyrrole nitrogens is 1. The van der Waals surface area contributed by atoms with Gasteiger partial charge in [-0.1, -0.05) is 30.3 Å². The molecule has 1 atom stereocenters. The van der Waals surface area contributed by atoms with Crippen LogP contribution in [0.25, 0.3) is 11.4 Å². The topological polar surface area (TPSA) is 129 Å². The predicted molar refractivity (Wildman–Crippen MR) is 205 cm³/mol. The van der Waals surface area contributed by atoms with Crippen molar-refractivity contribution in [1.82, 2.24) is 29.9 Å². The molecule has 4 N–H and O–H groups in total. The van der Waals surface area contributed by atoms with E-state index in [9.17, 15) is 36.3 Å². The Labute approximate surface area is 319 Å². The maximum atomic E-state index is 14.5. The number of rotatable bonds is 9. The SMILES string of the molecule is Nc1c(C(F)(F)F)cc(C[C@@H](CC(=O)N2CCC(n3nc(-c4ccccc4)[nH]c3=O)CC2)C(=O)N2CCI(C3CCNCC3)CC2)cc1C(F)(F)I. The van der Waals surface area contributed by atoms with E-state index in [4.69, 9.17) is 5.73 Å². The number of alkyl halides is 9. The first-order valence-electron chi connectivity index (χ1n) is 17.4. The van der Waals surface area contributed by atoms with Gasteiger partial charge in [-0.25, -0.2) is 4.79 Å². The number of halogens is 7. The van der Waals surface area contributed by atoms with E-state index in [0.717, 1.165) is 75.1 Å². The van der Waals surface area contributed by atoms with Crippen molar-refractivity contribution in [2.45, 2.75) is 58.6 Å². The number of aromatic nitrogens is 3. The molecule has 1 aromatic heterocycles.